The van der Waals surface area contributed by atoms with Gasteiger partial charge in [0.2, 0.25) is 5.91 Å². The molecule has 3 amide bonds. The Labute approximate surface area is 137 Å². The standard InChI is InChI=1S/C15H20F3N3O3/c1-10(2)7-20-14(23)21-13(22)8-19-11-5-3-4-6-12(11)24-9-15(16,17)18/h3-6,10,19H,7-9H2,1-2H3,(H2,20,21,22,23). The highest BCUT2D eigenvalue weighted by Gasteiger charge is 2.28. The van der Waals surface area contributed by atoms with E-state index in [1.807, 2.05) is 13.8 Å². The fourth-order valence-electron chi connectivity index (χ4n) is 1.59. The van der Waals surface area contributed by atoms with E-state index in [1.54, 1.807) is 6.07 Å². The number of alkyl halides is 3. The summed E-state index contributed by atoms with van der Waals surface area (Å²) in [6, 6.07) is 5.28. The van der Waals surface area contributed by atoms with Crippen LogP contribution in [-0.4, -0.2) is 37.8 Å². The monoisotopic (exact) mass is 347 g/mol. The van der Waals surface area contributed by atoms with Crippen molar-refractivity contribution in [2.45, 2.75) is 20.0 Å². The predicted octanol–water partition coefficient (Wildman–Crippen LogP) is 2.52. The van der Waals surface area contributed by atoms with Crippen molar-refractivity contribution in [3.05, 3.63) is 24.3 Å². The van der Waals surface area contributed by atoms with E-state index in [4.69, 9.17) is 0 Å². The Balaban J connectivity index is 2.49. The molecule has 0 fully saturated rings. The van der Waals surface area contributed by atoms with Crippen LogP contribution in [0.4, 0.5) is 23.7 Å². The van der Waals surface area contributed by atoms with Gasteiger partial charge in [0.1, 0.15) is 5.75 Å². The fraction of sp³-hybridized carbons (Fsp3) is 0.467. The van der Waals surface area contributed by atoms with Crippen LogP contribution in [0.5, 0.6) is 5.75 Å². The molecule has 0 aliphatic heterocycles. The smallest absolute Gasteiger partial charge is 0.422 e. The van der Waals surface area contributed by atoms with Crippen LogP contribution in [0.2, 0.25) is 0 Å². The summed E-state index contributed by atoms with van der Waals surface area (Å²) in [5.74, 6) is -0.421. The van der Waals surface area contributed by atoms with Gasteiger partial charge in [-0.1, -0.05) is 26.0 Å². The van der Waals surface area contributed by atoms with Gasteiger partial charge < -0.3 is 15.4 Å². The molecule has 0 aliphatic carbocycles. The van der Waals surface area contributed by atoms with Gasteiger partial charge in [0, 0.05) is 6.54 Å². The van der Waals surface area contributed by atoms with Crippen molar-refractivity contribution < 1.29 is 27.5 Å². The summed E-state index contributed by atoms with van der Waals surface area (Å²) in [6.07, 6.45) is -4.46. The molecule has 9 heteroatoms. The number of nitrogens with one attached hydrogen (secondary N) is 3. The number of para-hydroxylation sites is 2. The van der Waals surface area contributed by atoms with Crippen LogP contribution in [0.25, 0.3) is 0 Å². The van der Waals surface area contributed by atoms with Crippen molar-refractivity contribution in [1.82, 2.24) is 10.6 Å². The minimum absolute atomic E-state index is 0.0353. The third-order valence-corrected chi connectivity index (χ3v) is 2.64. The largest absolute Gasteiger partial charge is 0.482 e. The summed E-state index contributed by atoms with van der Waals surface area (Å²) in [6.45, 7) is 2.50. The molecule has 1 rings (SSSR count). The molecule has 0 spiro atoms. The maximum Gasteiger partial charge on any atom is 0.422 e. The Kier molecular flexibility index (Phi) is 7.34. The van der Waals surface area contributed by atoms with E-state index in [9.17, 15) is 22.8 Å². The third kappa shape index (κ3) is 8.25. The highest BCUT2D eigenvalue weighted by atomic mass is 19.4. The molecule has 0 atom stereocenters. The van der Waals surface area contributed by atoms with Gasteiger partial charge >= 0.3 is 12.2 Å². The van der Waals surface area contributed by atoms with Crippen LogP contribution in [0, 0.1) is 5.92 Å². The number of rotatable bonds is 7. The molecule has 134 valence electrons. The zero-order chi connectivity index (χ0) is 18.2. The maximum atomic E-state index is 12.2. The maximum absolute atomic E-state index is 12.2. The first kappa shape index (κ1) is 19.6. The third-order valence-electron chi connectivity index (χ3n) is 2.64. The lowest BCUT2D eigenvalue weighted by atomic mass is 10.2. The Morgan fingerprint density at radius 3 is 2.50 bits per heavy atom. The molecule has 0 radical (unpaired) electrons. The molecule has 0 bridgehead atoms. The minimum Gasteiger partial charge on any atom is -0.482 e. The van der Waals surface area contributed by atoms with Crippen molar-refractivity contribution in [3.63, 3.8) is 0 Å². The fourth-order valence-corrected chi connectivity index (χ4v) is 1.59. The summed E-state index contributed by atoms with van der Waals surface area (Å²) in [5.41, 5.74) is 0.222. The number of carbonyl (C=O) groups excluding carboxylic acids is 2. The lowest BCUT2D eigenvalue weighted by molar-refractivity contribution is -0.153. The molecule has 0 aliphatic rings. The number of benzene rings is 1. The zero-order valence-electron chi connectivity index (χ0n) is 13.4. The number of hydrogen-bond donors (Lipinski definition) is 3. The second-order valence-corrected chi connectivity index (χ2v) is 5.41. The molecule has 0 saturated carbocycles. The lowest BCUT2D eigenvalue weighted by Gasteiger charge is -2.14. The number of anilines is 1. The summed E-state index contributed by atoms with van der Waals surface area (Å²) < 4.78 is 41.3. The highest BCUT2D eigenvalue weighted by molar-refractivity contribution is 5.96. The van der Waals surface area contributed by atoms with Gasteiger partial charge in [0.05, 0.1) is 12.2 Å². The molecular weight excluding hydrogens is 327 g/mol. The van der Waals surface area contributed by atoms with Gasteiger partial charge in [-0.25, -0.2) is 4.79 Å². The van der Waals surface area contributed by atoms with Crippen LogP contribution < -0.4 is 20.7 Å². The highest BCUT2D eigenvalue weighted by Crippen LogP contribution is 2.25. The first-order chi connectivity index (χ1) is 11.2. The van der Waals surface area contributed by atoms with Crippen LogP contribution in [0.15, 0.2) is 24.3 Å². The van der Waals surface area contributed by atoms with E-state index in [1.165, 1.54) is 18.2 Å². The Bertz CT molecular complexity index is 562. The van der Waals surface area contributed by atoms with Gasteiger partial charge in [0.25, 0.3) is 0 Å². The van der Waals surface area contributed by atoms with Gasteiger partial charge in [-0.15, -0.1) is 0 Å². The zero-order valence-corrected chi connectivity index (χ0v) is 13.4. The van der Waals surface area contributed by atoms with E-state index in [2.05, 4.69) is 20.7 Å². The normalized spacial score (nSPS) is 11.1. The van der Waals surface area contributed by atoms with Crippen molar-refractivity contribution in [2.75, 3.05) is 25.0 Å². The number of ether oxygens (including phenoxy) is 1. The molecule has 6 nitrogen and oxygen atoms in total. The number of urea groups is 1. The predicted molar refractivity (Wildman–Crippen MR) is 82.9 cm³/mol. The average Bonchev–Trinajstić information content (AvgIpc) is 2.49. The minimum atomic E-state index is -4.46. The van der Waals surface area contributed by atoms with E-state index < -0.39 is 24.7 Å². The van der Waals surface area contributed by atoms with E-state index in [0.29, 0.717) is 6.54 Å². The van der Waals surface area contributed by atoms with Gasteiger partial charge in [0.15, 0.2) is 6.61 Å². The van der Waals surface area contributed by atoms with Crippen molar-refractivity contribution >= 4 is 17.6 Å². The van der Waals surface area contributed by atoms with Gasteiger partial charge in [-0.3, -0.25) is 10.1 Å². The second kappa shape index (κ2) is 8.99. The van der Waals surface area contributed by atoms with Crippen LogP contribution in [0.3, 0.4) is 0 Å². The first-order valence-electron chi connectivity index (χ1n) is 7.27. The summed E-state index contributed by atoms with van der Waals surface area (Å²) in [5, 5.41) is 7.26. The molecular formula is C15H20F3N3O3. The van der Waals surface area contributed by atoms with Crippen LogP contribution in [-0.2, 0) is 4.79 Å². The second-order valence-electron chi connectivity index (χ2n) is 5.41. The average molecular weight is 347 g/mol. The molecule has 1 aromatic carbocycles. The number of halogens is 3. The summed E-state index contributed by atoms with van der Waals surface area (Å²) in [4.78, 5) is 23.1. The van der Waals surface area contributed by atoms with E-state index >= 15 is 0 Å². The number of hydrogen-bond acceptors (Lipinski definition) is 4. The Morgan fingerprint density at radius 1 is 1.21 bits per heavy atom. The topological polar surface area (TPSA) is 79.5 Å². The van der Waals surface area contributed by atoms with Crippen LogP contribution >= 0.6 is 0 Å². The van der Waals surface area contributed by atoms with Crippen molar-refractivity contribution in [3.8, 4) is 5.75 Å². The lowest BCUT2D eigenvalue weighted by Crippen LogP contribution is -2.43. The van der Waals surface area contributed by atoms with Crippen molar-refractivity contribution in [1.29, 1.82) is 0 Å². The molecule has 0 heterocycles. The number of amides is 3. The van der Waals surface area contributed by atoms with Crippen LogP contribution in [0.1, 0.15) is 13.8 Å². The molecule has 0 saturated heterocycles. The number of carbonyl (C=O) groups is 2. The molecule has 0 aromatic heterocycles. The SMILES string of the molecule is CC(C)CNC(=O)NC(=O)CNc1ccccc1OCC(F)(F)F. The first-order valence-corrected chi connectivity index (χ1v) is 7.27. The van der Waals surface area contributed by atoms with E-state index in [0.717, 1.165) is 0 Å². The molecule has 24 heavy (non-hydrogen) atoms. The van der Waals surface area contributed by atoms with Gasteiger partial charge in [-0.05, 0) is 18.1 Å². The quantitative estimate of drug-likeness (QED) is 0.708. The van der Waals surface area contributed by atoms with E-state index in [-0.39, 0.29) is 23.9 Å². The molecule has 0 unspecified atom stereocenters. The Morgan fingerprint density at radius 2 is 1.88 bits per heavy atom. The summed E-state index contributed by atoms with van der Waals surface area (Å²) in [7, 11) is 0. The molecule has 1 aromatic rings. The number of imide groups is 1. The Hall–Kier alpha value is -2.45. The van der Waals surface area contributed by atoms with Crippen molar-refractivity contribution in [2.24, 2.45) is 5.92 Å². The molecule has 3 N–H and O–H groups in total. The summed E-state index contributed by atoms with van der Waals surface area (Å²) >= 11 is 0. The van der Waals surface area contributed by atoms with Gasteiger partial charge in [-0.2, -0.15) is 13.2 Å².